The molecule has 180 valence electrons. The summed E-state index contributed by atoms with van der Waals surface area (Å²) in [5.74, 6) is 2.43. The molecular weight excluding hydrogens is 440 g/mol. The molecule has 0 spiro atoms. The Balaban J connectivity index is 1.36. The number of nitrogens with zero attached hydrogens (tertiary/aromatic N) is 6. The van der Waals surface area contributed by atoms with Gasteiger partial charge in [-0.25, -0.2) is 14.6 Å². The summed E-state index contributed by atoms with van der Waals surface area (Å²) in [7, 11) is 0. The van der Waals surface area contributed by atoms with Gasteiger partial charge in [-0.05, 0) is 37.1 Å². The highest BCUT2D eigenvalue weighted by Gasteiger charge is 2.23. The Morgan fingerprint density at radius 2 is 1.71 bits per heavy atom. The molecule has 5 rings (SSSR count). The average Bonchev–Trinajstić information content (AvgIpc) is 3.17. The highest BCUT2D eigenvalue weighted by atomic mass is 16.5. The second-order valence-corrected chi connectivity index (χ2v) is 8.67. The van der Waals surface area contributed by atoms with Gasteiger partial charge in [0.1, 0.15) is 17.4 Å². The standard InChI is InChI=1S/C27H30N6O2/c1-2-10-24-29-26(23-19-28-33(27(23)30-24)21-11-5-3-6-12-21)32-16-9-15-31(17-18-32)25(34)20-35-22-13-7-4-8-14-22/h3-8,11-14,19H,2,9-10,15-18,20H2,1H3. The minimum Gasteiger partial charge on any atom is -0.484 e. The molecule has 0 bridgehead atoms. The van der Waals surface area contributed by atoms with E-state index in [2.05, 4.69) is 16.9 Å². The lowest BCUT2D eigenvalue weighted by atomic mass is 10.2. The van der Waals surface area contributed by atoms with E-state index in [4.69, 9.17) is 14.7 Å². The average molecular weight is 471 g/mol. The van der Waals surface area contributed by atoms with Gasteiger partial charge in [0.15, 0.2) is 12.3 Å². The molecule has 0 saturated carbocycles. The van der Waals surface area contributed by atoms with Gasteiger partial charge in [-0.15, -0.1) is 0 Å². The molecule has 1 saturated heterocycles. The molecule has 1 amide bonds. The van der Waals surface area contributed by atoms with Gasteiger partial charge >= 0.3 is 0 Å². The van der Waals surface area contributed by atoms with E-state index in [9.17, 15) is 4.79 Å². The predicted molar refractivity (Wildman–Crippen MR) is 136 cm³/mol. The van der Waals surface area contributed by atoms with Crippen LogP contribution >= 0.6 is 0 Å². The lowest BCUT2D eigenvalue weighted by Crippen LogP contribution is -2.38. The number of benzene rings is 2. The summed E-state index contributed by atoms with van der Waals surface area (Å²) in [5, 5.41) is 5.58. The van der Waals surface area contributed by atoms with Crippen LogP contribution in [0.25, 0.3) is 16.7 Å². The van der Waals surface area contributed by atoms with Crippen molar-refractivity contribution in [3.63, 3.8) is 0 Å². The molecule has 2 aromatic carbocycles. The van der Waals surface area contributed by atoms with Gasteiger partial charge in [0.05, 0.1) is 17.3 Å². The van der Waals surface area contributed by atoms with Gasteiger partial charge in [0, 0.05) is 32.6 Å². The molecule has 8 heteroatoms. The minimum absolute atomic E-state index is 0.00658. The zero-order valence-corrected chi connectivity index (χ0v) is 20.0. The molecule has 3 heterocycles. The van der Waals surface area contributed by atoms with E-state index in [1.807, 2.05) is 76.4 Å². The summed E-state index contributed by atoms with van der Waals surface area (Å²) in [4.78, 5) is 26.8. The van der Waals surface area contributed by atoms with Crippen LogP contribution < -0.4 is 9.64 Å². The molecular formula is C27H30N6O2. The molecule has 0 radical (unpaired) electrons. The number of carbonyl (C=O) groups excluding carboxylic acids is 1. The molecule has 4 aromatic rings. The zero-order valence-electron chi connectivity index (χ0n) is 20.0. The van der Waals surface area contributed by atoms with Crippen molar-refractivity contribution in [3.8, 4) is 11.4 Å². The van der Waals surface area contributed by atoms with E-state index in [0.29, 0.717) is 25.4 Å². The third-order valence-electron chi connectivity index (χ3n) is 6.18. The van der Waals surface area contributed by atoms with Crippen molar-refractivity contribution < 1.29 is 9.53 Å². The number of carbonyl (C=O) groups is 1. The zero-order chi connectivity index (χ0) is 24.0. The van der Waals surface area contributed by atoms with Crippen molar-refractivity contribution in [1.29, 1.82) is 0 Å². The third-order valence-corrected chi connectivity index (χ3v) is 6.18. The molecule has 8 nitrogen and oxygen atoms in total. The molecule has 0 aliphatic carbocycles. The number of aromatic nitrogens is 4. The van der Waals surface area contributed by atoms with E-state index < -0.39 is 0 Å². The molecule has 1 fully saturated rings. The van der Waals surface area contributed by atoms with E-state index >= 15 is 0 Å². The van der Waals surface area contributed by atoms with E-state index in [1.165, 1.54) is 0 Å². The Morgan fingerprint density at radius 3 is 2.49 bits per heavy atom. The number of anilines is 1. The maximum Gasteiger partial charge on any atom is 0.260 e. The fourth-order valence-corrected chi connectivity index (χ4v) is 4.40. The maximum atomic E-state index is 12.8. The van der Waals surface area contributed by atoms with Gasteiger partial charge in [0.25, 0.3) is 5.91 Å². The van der Waals surface area contributed by atoms with Crippen LogP contribution in [-0.2, 0) is 11.2 Å². The first-order valence-corrected chi connectivity index (χ1v) is 12.2. The Kier molecular flexibility index (Phi) is 6.88. The fourth-order valence-electron chi connectivity index (χ4n) is 4.40. The largest absolute Gasteiger partial charge is 0.484 e. The Labute approximate surface area is 205 Å². The van der Waals surface area contributed by atoms with Crippen LogP contribution in [0, 0.1) is 0 Å². The molecule has 0 N–H and O–H groups in total. The van der Waals surface area contributed by atoms with Crippen molar-refractivity contribution >= 4 is 22.8 Å². The van der Waals surface area contributed by atoms with Gasteiger partial charge < -0.3 is 14.5 Å². The SMILES string of the molecule is CCCc1nc(N2CCCN(C(=O)COc3ccccc3)CC2)c2cnn(-c3ccccc3)c2n1. The van der Waals surface area contributed by atoms with E-state index in [0.717, 1.165) is 54.2 Å². The Morgan fingerprint density at radius 1 is 0.943 bits per heavy atom. The smallest absolute Gasteiger partial charge is 0.260 e. The number of amides is 1. The van der Waals surface area contributed by atoms with Crippen LogP contribution in [0.1, 0.15) is 25.6 Å². The topological polar surface area (TPSA) is 76.4 Å². The van der Waals surface area contributed by atoms with Crippen molar-refractivity contribution in [2.24, 2.45) is 0 Å². The lowest BCUT2D eigenvalue weighted by molar-refractivity contribution is -0.133. The number of rotatable bonds is 7. The van der Waals surface area contributed by atoms with Crippen LogP contribution in [0.15, 0.2) is 66.9 Å². The van der Waals surface area contributed by atoms with Gasteiger partial charge in [-0.3, -0.25) is 4.79 Å². The van der Waals surface area contributed by atoms with Crippen LogP contribution in [0.2, 0.25) is 0 Å². The van der Waals surface area contributed by atoms with Crippen LogP contribution in [0.4, 0.5) is 5.82 Å². The Hall–Kier alpha value is -3.94. The summed E-state index contributed by atoms with van der Waals surface area (Å²) in [6, 6.07) is 19.5. The highest BCUT2D eigenvalue weighted by molar-refractivity contribution is 5.88. The van der Waals surface area contributed by atoms with Crippen LogP contribution in [-0.4, -0.2) is 63.3 Å². The second-order valence-electron chi connectivity index (χ2n) is 8.67. The quantitative estimate of drug-likeness (QED) is 0.408. The summed E-state index contributed by atoms with van der Waals surface area (Å²) >= 11 is 0. The molecule has 1 aliphatic rings. The Bertz CT molecular complexity index is 1280. The molecule has 0 unspecified atom stereocenters. The maximum absolute atomic E-state index is 12.8. The fraction of sp³-hybridized carbons (Fsp3) is 0.333. The van der Waals surface area contributed by atoms with Crippen LogP contribution in [0.3, 0.4) is 0 Å². The summed E-state index contributed by atoms with van der Waals surface area (Å²) in [6.07, 6.45) is 4.49. The molecule has 0 atom stereocenters. The predicted octanol–water partition coefficient (Wildman–Crippen LogP) is 3.89. The summed E-state index contributed by atoms with van der Waals surface area (Å²) in [5.41, 5.74) is 1.79. The van der Waals surface area contributed by atoms with Crippen LogP contribution in [0.5, 0.6) is 5.75 Å². The van der Waals surface area contributed by atoms with Crippen molar-refractivity contribution in [2.45, 2.75) is 26.2 Å². The lowest BCUT2D eigenvalue weighted by Gasteiger charge is -2.24. The monoisotopic (exact) mass is 470 g/mol. The number of aryl methyl sites for hydroxylation is 1. The number of ether oxygens (including phenoxy) is 1. The molecule has 35 heavy (non-hydrogen) atoms. The minimum atomic E-state index is 0.00658. The first kappa shape index (κ1) is 22.8. The second kappa shape index (κ2) is 10.5. The first-order chi connectivity index (χ1) is 17.2. The summed E-state index contributed by atoms with van der Waals surface area (Å²) < 4.78 is 7.57. The number of hydrogen-bond acceptors (Lipinski definition) is 6. The van der Waals surface area contributed by atoms with Crippen molar-refractivity contribution in [1.82, 2.24) is 24.6 Å². The van der Waals surface area contributed by atoms with Gasteiger partial charge in [-0.2, -0.15) is 5.10 Å². The first-order valence-electron chi connectivity index (χ1n) is 12.2. The molecule has 1 aliphatic heterocycles. The summed E-state index contributed by atoms with van der Waals surface area (Å²) in [6.45, 7) is 5.02. The normalized spacial score (nSPS) is 14.2. The van der Waals surface area contributed by atoms with E-state index in [-0.39, 0.29) is 12.5 Å². The number of para-hydroxylation sites is 2. The molecule has 2 aromatic heterocycles. The van der Waals surface area contributed by atoms with Gasteiger partial charge in [-0.1, -0.05) is 43.3 Å². The number of hydrogen-bond donors (Lipinski definition) is 0. The van der Waals surface area contributed by atoms with Gasteiger partial charge in [0.2, 0.25) is 0 Å². The van der Waals surface area contributed by atoms with E-state index in [1.54, 1.807) is 0 Å². The van der Waals surface area contributed by atoms with Crippen molar-refractivity contribution in [3.05, 3.63) is 72.7 Å². The van der Waals surface area contributed by atoms with Crippen molar-refractivity contribution in [2.75, 3.05) is 37.7 Å². The number of fused-ring (bicyclic) bond motifs is 1. The third kappa shape index (κ3) is 5.11. The highest BCUT2D eigenvalue weighted by Crippen LogP contribution is 2.27.